The highest BCUT2D eigenvalue weighted by atomic mass is 16.3. The second kappa shape index (κ2) is 5.97. The summed E-state index contributed by atoms with van der Waals surface area (Å²) in [6.45, 7) is 13.8. The fraction of sp³-hybridized carbons (Fsp3) is 0.882. The molecule has 0 radical (unpaired) electrons. The summed E-state index contributed by atoms with van der Waals surface area (Å²) in [5.74, 6) is -0.949. The number of likely N-dealkylation sites (tertiary alicyclic amines) is 1. The fourth-order valence-corrected chi connectivity index (χ4v) is 3.04. The molecule has 1 fully saturated rings. The van der Waals surface area contributed by atoms with Crippen molar-refractivity contribution in [2.75, 3.05) is 7.05 Å². The molecule has 2 amide bonds. The van der Waals surface area contributed by atoms with Crippen molar-refractivity contribution < 1.29 is 19.8 Å². The zero-order valence-corrected chi connectivity index (χ0v) is 16.3. The number of hydrogen-bond donors (Lipinski definition) is 4. The monoisotopic (exact) mass is 343 g/mol. The first-order chi connectivity index (χ1) is 10.4. The predicted molar refractivity (Wildman–Crippen MR) is 91.8 cm³/mol. The Bertz CT molecular complexity index is 469. The summed E-state index contributed by atoms with van der Waals surface area (Å²) in [4.78, 5) is 26.3. The summed E-state index contributed by atoms with van der Waals surface area (Å²) < 4.78 is 0. The van der Waals surface area contributed by atoms with E-state index in [4.69, 9.17) is 0 Å². The van der Waals surface area contributed by atoms with Crippen LogP contribution in [0.1, 0.15) is 55.4 Å². The number of carbonyl (C=O) groups is 2. The molecule has 140 valence electrons. The van der Waals surface area contributed by atoms with Gasteiger partial charge in [-0.1, -0.05) is 27.7 Å². The van der Waals surface area contributed by atoms with Crippen molar-refractivity contribution >= 4 is 11.8 Å². The van der Waals surface area contributed by atoms with Crippen LogP contribution in [0.25, 0.3) is 0 Å². The molecule has 1 aliphatic heterocycles. The van der Waals surface area contributed by atoms with E-state index in [0.29, 0.717) is 0 Å². The van der Waals surface area contributed by atoms with E-state index in [-0.39, 0.29) is 0 Å². The van der Waals surface area contributed by atoms with Gasteiger partial charge < -0.3 is 20.8 Å². The second-order valence-corrected chi connectivity index (χ2v) is 8.98. The lowest BCUT2D eigenvalue weighted by atomic mass is 9.67. The number of aliphatic hydroxyl groups is 2. The summed E-state index contributed by atoms with van der Waals surface area (Å²) in [7, 11) is 1.81. The number of rotatable bonds is 4. The molecule has 0 aromatic heterocycles. The average Bonchev–Trinajstić information content (AvgIpc) is 2.48. The zero-order valence-electron chi connectivity index (χ0n) is 16.3. The fourth-order valence-electron chi connectivity index (χ4n) is 3.04. The second-order valence-electron chi connectivity index (χ2n) is 8.98. The molecule has 0 bridgehead atoms. The molecule has 1 aliphatic rings. The third-order valence-electron chi connectivity index (χ3n) is 5.49. The predicted octanol–water partition coefficient (Wildman–Crippen LogP) is 0.411. The molecule has 1 rings (SSSR count). The van der Waals surface area contributed by atoms with Crippen LogP contribution in [0.4, 0.5) is 0 Å². The Morgan fingerprint density at radius 3 is 1.29 bits per heavy atom. The molecule has 4 N–H and O–H groups in total. The van der Waals surface area contributed by atoms with Gasteiger partial charge in [-0.2, -0.15) is 0 Å². The zero-order chi connectivity index (χ0) is 19.3. The standard InChI is InChI=1S/C17H33N3O4/c1-14(2)10(18-12(21)16(5,6)23)20(9)11(15(14,3)4)19-13(22)17(7,8)24/h10-11,23-24H,1-9H3,(H,18,21)(H,19,22)/t10-,11-/m1/s1. The van der Waals surface area contributed by atoms with E-state index in [1.807, 2.05) is 32.6 Å². The molecule has 0 saturated carbocycles. The summed E-state index contributed by atoms with van der Waals surface area (Å²) >= 11 is 0. The Kier molecular flexibility index (Phi) is 5.19. The quantitative estimate of drug-likeness (QED) is 0.592. The van der Waals surface area contributed by atoms with Crippen molar-refractivity contribution in [2.24, 2.45) is 10.8 Å². The Morgan fingerprint density at radius 2 is 1.08 bits per heavy atom. The van der Waals surface area contributed by atoms with Crippen molar-refractivity contribution in [3.05, 3.63) is 0 Å². The van der Waals surface area contributed by atoms with Crippen LogP contribution in [-0.2, 0) is 9.59 Å². The summed E-state index contributed by atoms with van der Waals surface area (Å²) in [5.41, 5.74) is -3.79. The lowest BCUT2D eigenvalue weighted by molar-refractivity contribution is -0.140. The van der Waals surface area contributed by atoms with Crippen LogP contribution >= 0.6 is 0 Å². The minimum absolute atomic E-state index is 0.390. The number of amides is 2. The Balaban J connectivity index is 3.14. The van der Waals surface area contributed by atoms with Gasteiger partial charge in [-0.15, -0.1) is 0 Å². The van der Waals surface area contributed by atoms with E-state index in [1.165, 1.54) is 27.7 Å². The Hall–Kier alpha value is -1.18. The molecule has 0 spiro atoms. The maximum absolute atomic E-state index is 12.2. The number of hydrogen-bond acceptors (Lipinski definition) is 5. The van der Waals surface area contributed by atoms with Crippen LogP contribution in [0.5, 0.6) is 0 Å². The van der Waals surface area contributed by atoms with Gasteiger partial charge in [0.1, 0.15) is 11.2 Å². The van der Waals surface area contributed by atoms with Crippen molar-refractivity contribution in [1.29, 1.82) is 0 Å². The van der Waals surface area contributed by atoms with Crippen LogP contribution in [0.2, 0.25) is 0 Å². The third-order valence-corrected chi connectivity index (χ3v) is 5.49. The number of nitrogens with zero attached hydrogens (tertiary/aromatic N) is 1. The molecule has 1 heterocycles. The first kappa shape index (κ1) is 20.9. The Morgan fingerprint density at radius 1 is 0.833 bits per heavy atom. The number of nitrogens with one attached hydrogen (secondary N) is 2. The number of carbonyl (C=O) groups excluding carboxylic acids is 2. The topological polar surface area (TPSA) is 102 Å². The smallest absolute Gasteiger partial charge is 0.252 e. The van der Waals surface area contributed by atoms with Gasteiger partial charge in [0.25, 0.3) is 11.8 Å². The minimum atomic E-state index is -1.49. The van der Waals surface area contributed by atoms with Gasteiger partial charge in [-0.3, -0.25) is 14.5 Å². The van der Waals surface area contributed by atoms with Gasteiger partial charge in [0.2, 0.25) is 0 Å². The van der Waals surface area contributed by atoms with Crippen LogP contribution in [-0.4, -0.2) is 57.5 Å². The van der Waals surface area contributed by atoms with E-state index in [9.17, 15) is 19.8 Å². The van der Waals surface area contributed by atoms with Gasteiger partial charge >= 0.3 is 0 Å². The summed E-state index contributed by atoms with van der Waals surface area (Å²) in [6, 6.07) is 0. The lowest BCUT2D eigenvalue weighted by Crippen LogP contribution is -2.58. The molecular formula is C17H33N3O4. The highest BCUT2D eigenvalue weighted by Crippen LogP contribution is 2.51. The van der Waals surface area contributed by atoms with Crippen molar-refractivity contribution in [3.8, 4) is 0 Å². The maximum Gasteiger partial charge on any atom is 0.252 e. The van der Waals surface area contributed by atoms with Crippen LogP contribution < -0.4 is 10.6 Å². The van der Waals surface area contributed by atoms with E-state index in [0.717, 1.165) is 0 Å². The highest BCUT2D eigenvalue weighted by molar-refractivity contribution is 5.85. The molecule has 0 aromatic rings. The van der Waals surface area contributed by atoms with Crippen LogP contribution in [0, 0.1) is 10.8 Å². The van der Waals surface area contributed by atoms with E-state index in [2.05, 4.69) is 10.6 Å². The van der Waals surface area contributed by atoms with Gasteiger partial charge in [-0.05, 0) is 34.7 Å². The third kappa shape index (κ3) is 3.58. The summed E-state index contributed by atoms with van der Waals surface area (Å²) in [5, 5.41) is 25.6. The molecule has 24 heavy (non-hydrogen) atoms. The molecule has 7 nitrogen and oxygen atoms in total. The van der Waals surface area contributed by atoms with E-state index in [1.54, 1.807) is 7.05 Å². The van der Waals surface area contributed by atoms with Crippen molar-refractivity contribution in [1.82, 2.24) is 15.5 Å². The van der Waals surface area contributed by atoms with Gasteiger partial charge in [0, 0.05) is 10.8 Å². The summed E-state index contributed by atoms with van der Waals surface area (Å²) in [6.07, 6.45) is -0.780. The first-order valence-corrected chi connectivity index (χ1v) is 8.22. The molecule has 0 aromatic carbocycles. The molecular weight excluding hydrogens is 310 g/mol. The first-order valence-electron chi connectivity index (χ1n) is 8.22. The largest absolute Gasteiger partial charge is 0.381 e. The molecule has 7 heteroatoms. The molecule has 0 unspecified atom stereocenters. The van der Waals surface area contributed by atoms with E-state index >= 15 is 0 Å². The van der Waals surface area contributed by atoms with Crippen LogP contribution in [0.15, 0.2) is 0 Å². The van der Waals surface area contributed by atoms with Crippen molar-refractivity contribution in [2.45, 2.75) is 78.9 Å². The highest BCUT2D eigenvalue weighted by Gasteiger charge is 2.59. The normalized spacial score (nSPS) is 27.0. The Labute approximate surface area is 144 Å². The molecule has 2 atom stereocenters. The van der Waals surface area contributed by atoms with E-state index < -0.39 is 46.2 Å². The average molecular weight is 343 g/mol. The van der Waals surface area contributed by atoms with Gasteiger partial charge in [-0.25, -0.2) is 0 Å². The SMILES string of the molecule is CN1[C@@H](NC(=O)C(C)(C)O)C(C)(C)C(C)(C)[C@@H]1NC(=O)C(C)(C)O. The van der Waals surface area contributed by atoms with Crippen LogP contribution in [0.3, 0.4) is 0 Å². The minimum Gasteiger partial charge on any atom is -0.381 e. The molecule has 0 aliphatic carbocycles. The van der Waals surface area contributed by atoms with Crippen molar-refractivity contribution in [3.63, 3.8) is 0 Å². The van der Waals surface area contributed by atoms with Gasteiger partial charge in [0.15, 0.2) is 0 Å². The lowest BCUT2D eigenvalue weighted by Gasteiger charge is -2.40. The molecule has 1 saturated heterocycles. The van der Waals surface area contributed by atoms with Gasteiger partial charge in [0.05, 0.1) is 12.3 Å². The maximum atomic E-state index is 12.2.